The molecule has 0 aliphatic heterocycles. The zero-order valence-corrected chi connectivity index (χ0v) is 11.2. The molecular formula is C14H21NOS. The minimum absolute atomic E-state index is 0.104. The number of hydrogen-bond acceptors (Lipinski definition) is 3. The van der Waals surface area contributed by atoms with Crippen LogP contribution in [-0.4, -0.2) is 17.9 Å². The van der Waals surface area contributed by atoms with Crippen molar-refractivity contribution in [1.29, 1.82) is 0 Å². The normalized spacial score (nSPS) is 19.2. The molecule has 3 N–H and O–H groups in total. The molecule has 1 aliphatic carbocycles. The van der Waals surface area contributed by atoms with Gasteiger partial charge in [0.15, 0.2) is 0 Å². The summed E-state index contributed by atoms with van der Waals surface area (Å²) in [5.41, 5.74) is 7.33. The van der Waals surface area contributed by atoms with Gasteiger partial charge >= 0.3 is 0 Å². The number of hydrogen-bond donors (Lipinski definition) is 2. The first-order valence-corrected chi connectivity index (χ1v) is 7.52. The highest BCUT2D eigenvalue weighted by molar-refractivity contribution is 7.98. The third-order valence-electron chi connectivity index (χ3n) is 3.99. The average molecular weight is 251 g/mol. The summed E-state index contributed by atoms with van der Waals surface area (Å²) in [4.78, 5) is 0.941. The maximum absolute atomic E-state index is 9.97. The summed E-state index contributed by atoms with van der Waals surface area (Å²) < 4.78 is 0. The maximum atomic E-state index is 9.97. The van der Waals surface area contributed by atoms with E-state index in [4.69, 9.17) is 5.73 Å². The van der Waals surface area contributed by atoms with E-state index < -0.39 is 0 Å². The van der Waals surface area contributed by atoms with E-state index in [1.54, 1.807) is 11.8 Å². The quantitative estimate of drug-likeness (QED) is 0.810. The minimum Gasteiger partial charge on any atom is -0.507 e. The molecule has 1 aromatic carbocycles. The van der Waals surface area contributed by atoms with Gasteiger partial charge in [0.25, 0.3) is 0 Å². The lowest BCUT2D eigenvalue weighted by Gasteiger charge is -2.37. The second kappa shape index (κ2) is 5.32. The topological polar surface area (TPSA) is 46.2 Å². The maximum Gasteiger partial charge on any atom is 0.129 e. The van der Waals surface area contributed by atoms with Crippen molar-refractivity contribution in [3.05, 3.63) is 23.8 Å². The molecule has 17 heavy (non-hydrogen) atoms. The smallest absolute Gasteiger partial charge is 0.129 e. The molecule has 0 atom stereocenters. The van der Waals surface area contributed by atoms with Crippen LogP contribution in [0.15, 0.2) is 23.1 Å². The first-order valence-electron chi connectivity index (χ1n) is 6.29. The lowest BCUT2D eigenvalue weighted by molar-refractivity contribution is 0.299. The summed E-state index contributed by atoms with van der Waals surface area (Å²) >= 11 is 1.58. The zero-order valence-electron chi connectivity index (χ0n) is 10.4. The summed E-state index contributed by atoms with van der Waals surface area (Å²) in [5.74, 6) is 0.397. The third-order valence-corrected chi connectivity index (χ3v) is 4.78. The fourth-order valence-corrected chi connectivity index (χ4v) is 3.33. The van der Waals surface area contributed by atoms with Crippen molar-refractivity contribution in [2.75, 3.05) is 12.8 Å². The molecule has 0 unspecified atom stereocenters. The van der Waals surface area contributed by atoms with E-state index in [0.29, 0.717) is 12.3 Å². The molecule has 0 amide bonds. The van der Waals surface area contributed by atoms with Crippen LogP contribution in [0.2, 0.25) is 0 Å². The van der Waals surface area contributed by atoms with Crippen molar-refractivity contribution >= 4 is 11.8 Å². The molecule has 3 heteroatoms. The summed E-state index contributed by atoms with van der Waals surface area (Å²) in [6.45, 7) is 0.686. The molecule has 0 saturated heterocycles. The predicted molar refractivity (Wildman–Crippen MR) is 73.7 cm³/mol. The van der Waals surface area contributed by atoms with Crippen LogP contribution >= 0.6 is 11.8 Å². The molecular weight excluding hydrogens is 230 g/mol. The summed E-state index contributed by atoms with van der Waals surface area (Å²) in [6.07, 6.45) is 8.11. The molecule has 0 radical (unpaired) electrons. The second-order valence-electron chi connectivity index (χ2n) is 4.93. The molecule has 2 rings (SSSR count). The Morgan fingerprint density at radius 2 is 2.00 bits per heavy atom. The number of phenols is 1. The SMILES string of the molecule is CSc1ccc(C2(CN)CCCCC2)cc1O. The van der Waals surface area contributed by atoms with Gasteiger partial charge in [0.2, 0.25) is 0 Å². The Labute approximate surface area is 108 Å². The van der Waals surface area contributed by atoms with Gasteiger partial charge in [-0.25, -0.2) is 0 Å². The molecule has 1 aliphatic rings. The molecule has 0 aromatic heterocycles. The molecule has 2 nitrogen and oxygen atoms in total. The standard InChI is InChI=1S/C14H21NOS/c1-17-13-6-5-11(9-12(13)16)14(10-15)7-3-2-4-8-14/h5-6,9,16H,2-4,7-8,10,15H2,1H3. The number of rotatable bonds is 3. The monoisotopic (exact) mass is 251 g/mol. The Morgan fingerprint density at radius 3 is 2.53 bits per heavy atom. The van der Waals surface area contributed by atoms with Gasteiger partial charge < -0.3 is 10.8 Å². The average Bonchev–Trinajstić information content (AvgIpc) is 2.39. The van der Waals surface area contributed by atoms with Crippen molar-refractivity contribution in [2.24, 2.45) is 5.73 Å². The van der Waals surface area contributed by atoms with Gasteiger partial charge in [-0.05, 0) is 36.8 Å². The first-order chi connectivity index (χ1) is 8.22. The van der Waals surface area contributed by atoms with Gasteiger partial charge in [-0.15, -0.1) is 11.8 Å². The minimum atomic E-state index is 0.104. The van der Waals surface area contributed by atoms with E-state index in [1.807, 2.05) is 18.4 Å². The number of thioether (sulfide) groups is 1. The molecule has 94 valence electrons. The number of aromatic hydroxyl groups is 1. The van der Waals surface area contributed by atoms with Crippen LogP contribution in [0.3, 0.4) is 0 Å². The summed E-state index contributed by atoms with van der Waals surface area (Å²) in [5, 5.41) is 9.97. The Bertz CT molecular complexity index is 386. The van der Waals surface area contributed by atoms with Gasteiger partial charge in [0.05, 0.1) is 0 Å². The second-order valence-corrected chi connectivity index (χ2v) is 5.78. The lowest BCUT2D eigenvalue weighted by atomic mass is 9.69. The van der Waals surface area contributed by atoms with E-state index in [2.05, 4.69) is 6.07 Å². The number of phenolic OH excluding ortho intramolecular Hbond substituents is 1. The predicted octanol–water partition coefficient (Wildman–Crippen LogP) is 3.27. The van der Waals surface area contributed by atoms with E-state index in [0.717, 1.165) is 17.7 Å². The Hall–Kier alpha value is -0.670. The fourth-order valence-electron chi connectivity index (χ4n) is 2.86. The molecule has 1 saturated carbocycles. The van der Waals surface area contributed by atoms with Crippen LogP contribution in [0.5, 0.6) is 5.75 Å². The van der Waals surface area contributed by atoms with Crippen LogP contribution in [-0.2, 0) is 5.41 Å². The Kier molecular flexibility index (Phi) is 4.00. The fraction of sp³-hybridized carbons (Fsp3) is 0.571. The van der Waals surface area contributed by atoms with Gasteiger partial charge in [-0.2, -0.15) is 0 Å². The van der Waals surface area contributed by atoms with E-state index in [9.17, 15) is 5.11 Å². The summed E-state index contributed by atoms with van der Waals surface area (Å²) in [6, 6.07) is 6.08. The van der Waals surface area contributed by atoms with Crippen LogP contribution in [0.1, 0.15) is 37.7 Å². The molecule has 0 bridgehead atoms. The van der Waals surface area contributed by atoms with E-state index in [1.165, 1.54) is 24.8 Å². The van der Waals surface area contributed by atoms with Crippen LogP contribution in [0.25, 0.3) is 0 Å². The van der Waals surface area contributed by atoms with Crippen LogP contribution < -0.4 is 5.73 Å². The van der Waals surface area contributed by atoms with E-state index >= 15 is 0 Å². The number of nitrogens with two attached hydrogens (primary N) is 1. The summed E-state index contributed by atoms with van der Waals surface area (Å²) in [7, 11) is 0. The third kappa shape index (κ3) is 2.45. The first kappa shape index (κ1) is 12.8. The molecule has 0 heterocycles. The highest BCUT2D eigenvalue weighted by Gasteiger charge is 2.32. The highest BCUT2D eigenvalue weighted by atomic mass is 32.2. The lowest BCUT2D eigenvalue weighted by Crippen LogP contribution is -2.37. The van der Waals surface area contributed by atoms with Crippen molar-refractivity contribution in [3.8, 4) is 5.75 Å². The van der Waals surface area contributed by atoms with Crippen molar-refractivity contribution < 1.29 is 5.11 Å². The van der Waals surface area contributed by atoms with Gasteiger partial charge in [0.1, 0.15) is 5.75 Å². The molecule has 1 aromatic rings. The van der Waals surface area contributed by atoms with Crippen LogP contribution in [0.4, 0.5) is 0 Å². The largest absolute Gasteiger partial charge is 0.507 e. The number of benzene rings is 1. The van der Waals surface area contributed by atoms with Gasteiger partial charge in [-0.3, -0.25) is 0 Å². The molecule has 0 spiro atoms. The Balaban J connectivity index is 2.33. The van der Waals surface area contributed by atoms with Gasteiger partial charge in [0, 0.05) is 16.9 Å². The van der Waals surface area contributed by atoms with Crippen molar-refractivity contribution in [1.82, 2.24) is 0 Å². The van der Waals surface area contributed by atoms with Crippen LogP contribution in [0, 0.1) is 0 Å². The van der Waals surface area contributed by atoms with Crippen molar-refractivity contribution in [3.63, 3.8) is 0 Å². The van der Waals surface area contributed by atoms with Gasteiger partial charge in [-0.1, -0.05) is 25.3 Å². The highest BCUT2D eigenvalue weighted by Crippen LogP contribution is 2.41. The Morgan fingerprint density at radius 1 is 1.29 bits per heavy atom. The van der Waals surface area contributed by atoms with E-state index in [-0.39, 0.29) is 5.41 Å². The zero-order chi connectivity index (χ0) is 12.3. The molecule has 1 fully saturated rings. The van der Waals surface area contributed by atoms with Crippen molar-refractivity contribution in [2.45, 2.75) is 42.4 Å².